The lowest BCUT2D eigenvalue weighted by Gasteiger charge is -2.24. The van der Waals surface area contributed by atoms with Crippen LogP contribution in [0, 0.1) is 0 Å². The lowest BCUT2D eigenvalue weighted by Crippen LogP contribution is -2.40. The van der Waals surface area contributed by atoms with Crippen LogP contribution in [0.4, 0.5) is 11.4 Å². The van der Waals surface area contributed by atoms with Crippen LogP contribution in [-0.4, -0.2) is 104 Å². The highest BCUT2D eigenvalue weighted by molar-refractivity contribution is 6.18. The number of anilines is 2. The lowest BCUT2D eigenvalue weighted by atomic mass is 9.98. The molecule has 0 radical (unpaired) electrons. The number of aliphatic hydroxyl groups is 1. The van der Waals surface area contributed by atoms with Crippen molar-refractivity contribution in [1.29, 1.82) is 0 Å². The maximum atomic E-state index is 12.9. The standard InChI is InChI=1S/C40H50Cl2N8O5/c1-26(2)30-24-31(36(52)25-35(30)51)39-44-45-40(54)50(39)29-9-10-33-27(22-29)12-15-49(33)19-21-55-20-18-46(3)38(53)7-5-6-37-43-32-23-28(8-11-34(32)47(37)4)48(16-13-41)17-14-42/h8-12,15,22-26,40,45,51-52,54H,5-7,13-14,16-21H2,1-4H3. The third-order valence-corrected chi connectivity index (χ3v) is 10.4. The molecule has 1 amide bonds. The van der Waals surface area contributed by atoms with Crippen LogP contribution in [0.2, 0.25) is 0 Å². The SMILES string of the molecule is CC(C)c1cc(C2=NNC(O)N2c2ccc3c(ccn3CCOCCN(C)C(=O)CCCc3nc4cc(N(CCCl)CCCl)ccc4n3C)c2)c(O)cc1O. The molecule has 1 atom stereocenters. The maximum absolute atomic E-state index is 12.9. The number of benzene rings is 3. The Hall–Kier alpha value is -4.69. The number of alkyl halides is 2. The summed E-state index contributed by atoms with van der Waals surface area (Å²) in [5.41, 5.74) is 8.44. The molecule has 6 rings (SSSR count). The number of amidine groups is 1. The van der Waals surface area contributed by atoms with Gasteiger partial charge in [-0.05, 0) is 66.4 Å². The first kappa shape index (κ1) is 40.0. The Morgan fingerprint density at radius 2 is 1.75 bits per heavy atom. The number of rotatable bonds is 18. The van der Waals surface area contributed by atoms with E-state index in [1.807, 2.05) is 58.4 Å². The van der Waals surface area contributed by atoms with Gasteiger partial charge in [-0.25, -0.2) is 4.98 Å². The summed E-state index contributed by atoms with van der Waals surface area (Å²) in [4.78, 5) is 23.3. The molecule has 4 N–H and O–H groups in total. The number of likely N-dealkylation sites (N-methyl/N-ethyl adjacent to an activating group) is 1. The summed E-state index contributed by atoms with van der Waals surface area (Å²) in [5, 5.41) is 37.1. The van der Waals surface area contributed by atoms with Gasteiger partial charge < -0.3 is 39.0 Å². The van der Waals surface area contributed by atoms with Gasteiger partial charge in [0.1, 0.15) is 17.3 Å². The molecule has 1 aliphatic rings. The third kappa shape index (κ3) is 8.91. The van der Waals surface area contributed by atoms with Crippen LogP contribution < -0.4 is 15.2 Å². The van der Waals surface area contributed by atoms with E-state index in [2.05, 4.69) is 42.8 Å². The van der Waals surface area contributed by atoms with Crippen LogP contribution in [0.3, 0.4) is 0 Å². The van der Waals surface area contributed by atoms with Crippen molar-refractivity contribution in [2.45, 2.75) is 51.9 Å². The number of amides is 1. The number of carbonyl (C=O) groups excluding carboxylic acids is 1. The van der Waals surface area contributed by atoms with E-state index in [0.29, 0.717) is 93.1 Å². The van der Waals surface area contributed by atoms with Crippen molar-refractivity contribution in [2.24, 2.45) is 12.1 Å². The first-order valence-electron chi connectivity index (χ1n) is 18.6. The molecular formula is C40H50Cl2N8O5. The monoisotopic (exact) mass is 792 g/mol. The molecular weight excluding hydrogens is 743 g/mol. The number of carbonyl (C=O) groups is 1. The summed E-state index contributed by atoms with van der Waals surface area (Å²) in [7, 11) is 3.82. The number of ether oxygens (including phenoxy) is 1. The minimum atomic E-state index is -1.14. The van der Waals surface area contributed by atoms with Crippen molar-refractivity contribution in [3.63, 3.8) is 0 Å². The van der Waals surface area contributed by atoms with Crippen LogP contribution in [0.5, 0.6) is 11.5 Å². The molecule has 0 bridgehead atoms. The van der Waals surface area contributed by atoms with E-state index in [0.717, 1.165) is 33.4 Å². The van der Waals surface area contributed by atoms with E-state index in [1.165, 1.54) is 6.07 Å². The molecule has 13 nitrogen and oxygen atoms in total. The van der Waals surface area contributed by atoms with Crippen molar-refractivity contribution >= 4 is 68.3 Å². The van der Waals surface area contributed by atoms with Gasteiger partial charge in [0.25, 0.3) is 0 Å². The van der Waals surface area contributed by atoms with Gasteiger partial charge in [-0.2, -0.15) is 5.10 Å². The molecule has 0 spiro atoms. The average Bonchev–Trinajstić information content (AvgIpc) is 3.84. The molecule has 3 heterocycles. The summed E-state index contributed by atoms with van der Waals surface area (Å²) in [6.45, 7) is 7.35. The normalized spacial score (nSPS) is 14.3. The number of nitrogens with zero attached hydrogens (tertiary/aromatic N) is 7. The zero-order valence-electron chi connectivity index (χ0n) is 31.8. The summed E-state index contributed by atoms with van der Waals surface area (Å²) >= 11 is 12.0. The van der Waals surface area contributed by atoms with Crippen LogP contribution in [0.1, 0.15) is 49.6 Å². The van der Waals surface area contributed by atoms with Gasteiger partial charge >= 0.3 is 0 Å². The van der Waals surface area contributed by atoms with Crippen molar-refractivity contribution < 1.29 is 24.9 Å². The van der Waals surface area contributed by atoms with Gasteiger partial charge in [0.2, 0.25) is 12.3 Å². The van der Waals surface area contributed by atoms with Crippen LogP contribution in [0.15, 0.2) is 65.9 Å². The third-order valence-electron chi connectivity index (χ3n) is 10.1. The summed E-state index contributed by atoms with van der Waals surface area (Å²) in [5.74, 6) is 2.28. The Labute approximate surface area is 331 Å². The number of aromatic nitrogens is 3. The number of aliphatic hydroxyl groups excluding tert-OH is 1. The molecule has 0 saturated heterocycles. The molecule has 2 aromatic heterocycles. The summed E-state index contributed by atoms with van der Waals surface area (Å²) in [6, 6.07) is 17.0. The highest BCUT2D eigenvalue weighted by Crippen LogP contribution is 2.35. The topological polar surface area (TPSA) is 144 Å². The van der Waals surface area contributed by atoms with Crippen LogP contribution >= 0.6 is 23.2 Å². The van der Waals surface area contributed by atoms with Crippen LogP contribution in [-0.2, 0) is 29.5 Å². The Balaban J connectivity index is 0.968. The molecule has 0 aliphatic carbocycles. The number of aryl methyl sites for hydroxylation is 2. The fourth-order valence-corrected chi connectivity index (χ4v) is 7.39. The van der Waals surface area contributed by atoms with Crippen LogP contribution in [0.25, 0.3) is 21.9 Å². The largest absolute Gasteiger partial charge is 0.508 e. The number of fused-ring (bicyclic) bond motifs is 2. The smallest absolute Gasteiger partial charge is 0.225 e. The second-order valence-electron chi connectivity index (χ2n) is 14.0. The molecule has 0 saturated carbocycles. The minimum Gasteiger partial charge on any atom is -0.508 e. The number of aromatic hydroxyl groups is 2. The van der Waals surface area contributed by atoms with Crippen molar-refractivity contribution in [3.8, 4) is 11.5 Å². The fraction of sp³-hybridized carbons (Fsp3) is 0.425. The van der Waals surface area contributed by atoms with Gasteiger partial charge in [0.05, 0.1) is 29.8 Å². The van der Waals surface area contributed by atoms with Crippen molar-refractivity contribution in [3.05, 3.63) is 77.7 Å². The minimum absolute atomic E-state index is 0.00804. The molecule has 15 heteroatoms. The molecule has 1 unspecified atom stereocenters. The average molecular weight is 794 g/mol. The number of hydrazone groups is 1. The first-order valence-corrected chi connectivity index (χ1v) is 19.7. The van der Waals surface area contributed by atoms with E-state index in [1.54, 1.807) is 15.9 Å². The summed E-state index contributed by atoms with van der Waals surface area (Å²) < 4.78 is 10.1. The number of hydrogen-bond donors (Lipinski definition) is 4. The second kappa shape index (κ2) is 17.8. The van der Waals surface area contributed by atoms with Crippen molar-refractivity contribution in [2.75, 3.05) is 61.5 Å². The molecule has 0 fully saturated rings. The van der Waals surface area contributed by atoms with E-state index in [-0.39, 0.29) is 23.3 Å². The van der Waals surface area contributed by atoms with E-state index in [4.69, 9.17) is 32.9 Å². The predicted molar refractivity (Wildman–Crippen MR) is 220 cm³/mol. The molecule has 5 aromatic rings. The van der Waals surface area contributed by atoms with E-state index < -0.39 is 6.35 Å². The maximum Gasteiger partial charge on any atom is 0.225 e. The Morgan fingerprint density at radius 1 is 0.982 bits per heavy atom. The van der Waals surface area contributed by atoms with E-state index >= 15 is 0 Å². The Morgan fingerprint density at radius 3 is 2.49 bits per heavy atom. The number of halogens is 2. The van der Waals surface area contributed by atoms with Gasteiger partial charge in [0.15, 0.2) is 5.84 Å². The zero-order chi connectivity index (χ0) is 39.2. The van der Waals surface area contributed by atoms with Gasteiger partial charge in [0, 0.05) is 99.4 Å². The highest BCUT2D eigenvalue weighted by atomic mass is 35.5. The number of phenolic OH excluding ortho intramolecular Hbond substituents is 2. The quantitative estimate of drug-likeness (QED) is 0.0631. The zero-order valence-corrected chi connectivity index (χ0v) is 33.3. The van der Waals surface area contributed by atoms with Gasteiger partial charge in [-0.3, -0.25) is 15.1 Å². The number of nitrogens with one attached hydrogen (secondary N) is 1. The molecule has 3 aromatic carbocycles. The molecule has 1 aliphatic heterocycles. The van der Waals surface area contributed by atoms with Gasteiger partial charge in [-0.1, -0.05) is 13.8 Å². The van der Waals surface area contributed by atoms with Gasteiger partial charge in [-0.15, -0.1) is 23.2 Å². The number of hydrogen-bond acceptors (Lipinski definition) is 10. The first-order chi connectivity index (χ1) is 26.5. The Bertz CT molecular complexity index is 2140. The summed E-state index contributed by atoms with van der Waals surface area (Å²) in [6.07, 6.45) is 2.67. The predicted octanol–water partition coefficient (Wildman–Crippen LogP) is 5.89. The highest BCUT2D eigenvalue weighted by Gasteiger charge is 2.31. The lowest BCUT2D eigenvalue weighted by molar-refractivity contribution is -0.130. The number of phenols is 2. The molecule has 55 heavy (non-hydrogen) atoms. The fourth-order valence-electron chi connectivity index (χ4n) is 6.98. The number of imidazole rings is 1. The second-order valence-corrected chi connectivity index (χ2v) is 14.8. The Kier molecular flexibility index (Phi) is 13.0. The van der Waals surface area contributed by atoms with E-state index in [9.17, 15) is 20.1 Å². The van der Waals surface area contributed by atoms with Crippen molar-refractivity contribution in [1.82, 2.24) is 24.4 Å². The molecule has 294 valence electrons.